The number of carbonyl (C=O) groups is 2. The van der Waals surface area contributed by atoms with E-state index in [1.165, 1.54) is 6.07 Å². The molecule has 0 aromatic heterocycles. The summed E-state index contributed by atoms with van der Waals surface area (Å²) < 4.78 is 1.49. The Kier molecular flexibility index (Phi) is 5.86. The molecular formula is C15H10Br2N2O3S. The number of hydrogen-bond donors (Lipinski definition) is 3. The van der Waals surface area contributed by atoms with Crippen molar-refractivity contribution in [1.29, 1.82) is 0 Å². The van der Waals surface area contributed by atoms with Gasteiger partial charge in [0.1, 0.15) is 0 Å². The van der Waals surface area contributed by atoms with Crippen molar-refractivity contribution >= 4 is 66.8 Å². The molecule has 23 heavy (non-hydrogen) atoms. The first kappa shape index (κ1) is 17.6. The Labute approximate surface area is 154 Å². The van der Waals surface area contributed by atoms with Gasteiger partial charge in [-0.25, -0.2) is 4.79 Å². The normalized spacial score (nSPS) is 10.0. The third kappa shape index (κ3) is 4.85. The van der Waals surface area contributed by atoms with Crippen molar-refractivity contribution in [2.24, 2.45) is 0 Å². The van der Waals surface area contributed by atoms with Crippen LogP contribution in [0.1, 0.15) is 20.7 Å². The number of carboxylic acid groups (broad SMARTS) is 1. The molecule has 0 atom stereocenters. The van der Waals surface area contributed by atoms with Gasteiger partial charge in [-0.1, -0.05) is 31.9 Å². The quantitative estimate of drug-likeness (QED) is 0.606. The number of rotatable bonds is 3. The molecule has 0 aliphatic heterocycles. The minimum absolute atomic E-state index is 0.0164. The Balaban J connectivity index is 2.09. The molecule has 2 aromatic carbocycles. The zero-order chi connectivity index (χ0) is 17.0. The molecule has 0 aliphatic rings. The van der Waals surface area contributed by atoms with Crippen LogP contribution in [0.2, 0.25) is 0 Å². The molecule has 118 valence electrons. The van der Waals surface area contributed by atoms with Gasteiger partial charge in [-0.3, -0.25) is 10.1 Å². The van der Waals surface area contributed by atoms with Crippen LogP contribution in [0.15, 0.2) is 51.4 Å². The summed E-state index contributed by atoms with van der Waals surface area (Å²) in [5.74, 6) is -1.49. The summed E-state index contributed by atoms with van der Waals surface area (Å²) >= 11 is 11.6. The topological polar surface area (TPSA) is 78.4 Å². The van der Waals surface area contributed by atoms with E-state index in [9.17, 15) is 14.7 Å². The highest BCUT2D eigenvalue weighted by Gasteiger charge is 2.13. The maximum absolute atomic E-state index is 12.1. The van der Waals surface area contributed by atoms with E-state index < -0.39 is 5.97 Å². The number of thiocarbonyl (C=S) groups is 1. The number of carboxylic acids is 1. The van der Waals surface area contributed by atoms with Crippen molar-refractivity contribution in [3.05, 3.63) is 62.5 Å². The summed E-state index contributed by atoms with van der Waals surface area (Å²) in [6.45, 7) is 0. The van der Waals surface area contributed by atoms with Gasteiger partial charge in [0.25, 0.3) is 5.91 Å². The summed E-state index contributed by atoms with van der Waals surface area (Å²) in [6, 6.07) is 11.4. The fourth-order valence-corrected chi connectivity index (χ4v) is 2.56. The maximum Gasteiger partial charge on any atom is 0.337 e. The average molecular weight is 458 g/mol. The summed E-state index contributed by atoms with van der Waals surface area (Å²) in [7, 11) is 0. The van der Waals surface area contributed by atoms with Gasteiger partial charge < -0.3 is 10.4 Å². The highest BCUT2D eigenvalue weighted by Crippen LogP contribution is 2.21. The van der Waals surface area contributed by atoms with Crippen molar-refractivity contribution in [1.82, 2.24) is 5.32 Å². The van der Waals surface area contributed by atoms with Crippen LogP contribution in [0.5, 0.6) is 0 Å². The molecule has 0 fully saturated rings. The highest BCUT2D eigenvalue weighted by atomic mass is 79.9. The lowest BCUT2D eigenvalue weighted by Gasteiger charge is -2.12. The molecule has 2 aromatic rings. The maximum atomic E-state index is 12.1. The third-order valence-electron chi connectivity index (χ3n) is 2.79. The van der Waals surface area contributed by atoms with E-state index in [0.29, 0.717) is 15.7 Å². The Morgan fingerprint density at radius 1 is 1.00 bits per heavy atom. The number of halogens is 2. The van der Waals surface area contributed by atoms with Crippen LogP contribution < -0.4 is 10.6 Å². The van der Waals surface area contributed by atoms with Crippen LogP contribution in [0.25, 0.3) is 0 Å². The molecule has 0 bridgehead atoms. The molecule has 0 unspecified atom stereocenters. The van der Waals surface area contributed by atoms with Gasteiger partial charge in [-0.2, -0.15) is 0 Å². The molecule has 0 radical (unpaired) electrons. The Bertz CT molecular complexity index is 779. The van der Waals surface area contributed by atoms with E-state index in [-0.39, 0.29) is 16.6 Å². The van der Waals surface area contributed by atoms with Gasteiger partial charge in [0.2, 0.25) is 0 Å². The summed E-state index contributed by atoms with van der Waals surface area (Å²) in [4.78, 5) is 23.3. The minimum atomic E-state index is -1.10. The fraction of sp³-hybridized carbons (Fsp3) is 0. The number of anilines is 1. The van der Waals surface area contributed by atoms with Crippen LogP contribution >= 0.6 is 44.1 Å². The standard InChI is InChI=1S/C15H10Br2N2O3S/c16-9-3-1-8(2-4-9)13(20)19-15(23)18-12-6-5-10(17)7-11(12)14(21)22/h1-7H,(H,21,22)(H2,18,19,20,23). The largest absolute Gasteiger partial charge is 0.478 e. The number of hydrogen-bond acceptors (Lipinski definition) is 3. The van der Waals surface area contributed by atoms with Crippen LogP contribution in [-0.4, -0.2) is 22.1 Å². The first-order valence-electron chi connectivity index (χ1n) is 6.27. The fourth-order valence-electron chi connectivity index (χ4n) is 1.73. The molecule has 1 amide bonds. The summed E-state index contributed by atoms with van der Waals surface area (Å²) in [6.07, 6.45) is 0. The predicted molar refractivity (Wildman–Crippen MR) is 98.9 cm³/mol. The summed E-state index contributed by atoms with van der Waals surface area (Å²) in [5.41, 5.74) is 0.771. The SMILES string of the molecule is O=C(NC(=S)Nc1ccc(Br)cc1C(=O)O)c1ccc(Br)cc1. The zero-order valence-electron chi connectivity index (χ0n) is 11.5. The van der Waals surface area contributed by atoms with E-state index in [1.807, 2.05) is 0 Å². The van der Waals surface area contributed by atoms with Gasteiger partial charge in [0.05, 0.1) is 11.3 Å². The lowest BCUT2D eigenvalue weighted by Crippen LogP contribution is -2.34. The lowest BCUT2D eigenvalue weighted by atomic mass is 10.2. The predicted octanol–water partition coefficient (Wildman–Crippen LogP) is 4.04. The second-order valence-electron chi connectivity index (χ2n) is 4.41. The number of amides is 1. The van der Waals surface area contributed by atoms with Gasteiger partial charge in [0.15, 0.2) is 5.11 Å². The smallest absolute Gasteiger partial charge is 0.337 e. The Morgan fingerprint density at radius 3 is 2.22 bits per heavy atom. The molecule has 3 N–H and O–H groups in total. The summed E-state index contributed by atoms with van der Waals surface area (Å²) in [5, 5.41) is 14.4. The number of nitrogens with one attached hydrogen (secondary N) is 2. The van der Waals surface area contributed by atoms with Crippen LogP contribution in [0.3, 0.4) is 0 Å². The van der Waals surface area contributed by atoms with Crippen molar-refractivity contribution in [3.63, 3.8) is 0 Å². The number of carbonyl (C=O) groups excluding carboxylic acids is 1. The molecule has 5 nitrogen and oxygen atoms in total. The van der Waals surface area contributed by atoms with E-state index >= 15 is 0 Å². The van der Waals surface area contributed by atoms with Crippen LogP contribution in [0.4, 0.5) is 5.69 Å². The first-order chi connectivity index (χ1) is 10.9. The van der Waals surface area contributed by atoms with Gasteiger partial charge in [-0.15, -0.1) is 0 Å². The second-order valence-corrected chi connectivity index (χ2v) is 6.65. The molecule has 0 heterocycles. The van der Waals surface area contributed by atoms with E-state index in [4.69, 9.17) is 12.2 Å². The minimum Gasteiger partial charge on any atom is -0.478 e. The van der Waals surface area contributed by atoms with Gasteiger partial charge >= 0.3 is 5.97 Å². The Morgan fingerprint density at radius 2 is 1.61 bits per heavy atom. The first-order valence-corrected chi connectivity index (χ1v) is 8.27. The van der Waals surface area contributed by atoms with E-state index in [1.54, 1.807) is 36.4 Å². The van der Waals surface area contributed by atoms with Gasteiger partial charge in [0, 0.05) is 14.5 Å². The molecule has 0 saturated carbocycles. The van der Waals surface area contributed by atoms with Crippen molar-refractivity contribution in [2.45, 2.75) is 0 Å². The van der Waals surface area contributed by atoms with Crippen LogP contribution in [0, 0.1) is 0 Å². The van der Waals surface area contributed by atoms with Crippen molar-refractivity contribution in [3.8, 4) is 0 Å². The molecule has 8 heteroatoms. The van der Waals surface area contributed by atoms with Gasteiger partial charge in [-0.05, 0) is 54.7 Å². The van der Waals surface area contributed by atoms with Crippen molar-refractivity contribution in [2.75, 3.05) is 5.32 Å². The van der Waals surface area contributed by atoms with E-state index in [0.717, 1.165) is 4.47 Å². The van der Waals surface area contributed by atoms with E-state index in [2.05, 4.69) is 42.5 Å². The lowest BCUT2D eigenvalue weighted by molar-refractivity contribution is 0.0697. The van der Waals surface area contributed by atoms with Crippen LogP contribution in [-0.2, 0) is 0 Å². The molecule has 2 rings (SSSR count). The second kappa shape index (κ2) is 7.67. The molecule has 0 aliphatic carbocycles. The zero-order valence-corrected chi connectivity index (χ0v) is 15.5. The number of aromatic carboxylic acids is 1. The number of benzene rings is 2. The molecular weight excluding hydrogens is 448 g/mol. The Hall–Kier alpha value is -1.77. The molecule has 0 spiro atoms. The molecule has 0 saturated heterocycles. The van der Waals surface area contributed by atoms with Crippen molar-refractivity contribution < 1.29 is 14.7 Å². The monoisotopic (exact) mass is 456 g/mol. The highest BCUT2D eigenvalue weighted by molar-refractivity contribution is 9.10. The average Bonchev–Trinajstić information content (AvgIpc) is 2.49. The third-order valence-corrected chi connectivity index (χ3v) is 4.02.